The van der Waals surface area contributed by atoms with Gasteiger partial charge < -0.3 is 11.1 Å². The van der Waals surface area contributed by atoms with Crippen molar-refractivity contribution >= 4 is 0 Å². The molecular weight excluding hydrogens is 148 g/mol. The van der Waals surface area contributed by atoms with Crippen LogP contribution in [-0.4, -0.2) is 19.6 Å². The van der Waals surface area contributed by atoms with Crippen molar-refractivity contribution in [1.82, 2.24) is 5.32 Å². The highest BCUT2D eigenvalue weighted by Gasteiger charge is 2.33. The zero-order chi connectivity index (χ0) is 8.39. The molecule has 0 radical (unpaired) electrons. The Morgan fingerprint density at radius 1 is 1.42 bits per heavy atom. The summed E-state index contributed by atoms with van der Waals surface area (Å²) >= 11 is 0. The highest BCUT2D eigenvalue weighted by molar-refractivity contribution is 5.03. The standard InChI is InChI=1S/C10H18N2/c11-5-4-8-2-1-3-9-6-12-7-10(8)9/h1-2,8-10,12H,3-7,11H2. The molecule has 0 saturated carbocycles. The molecule has 2 rings (SSSR count). The van der Waals surface area contributed by atoms with E-state index in [1.54, 1.807) is 0 Å². The monoisotopic (exact) mass is 166 g/mol. The first-order valence-electron chi connectivity index (χ1n) is 4.99. The summed E-state index contributed by atoms with van der Waals surface area (Å²) in [4.78, 5) is 0. The van der Waals surface area contributed by atoms with Gasteiger partial charge in [0, 0.05) is 0 Å². The highest BCUT2D eigenvalue weighted by Crippen LogP contribution is 2.34. The lowest BCUT2D eigenvalue weighted by atomic mass is 9.77. The molecule has 0 aromatic carbocycles. The Balaban J connectivity index is 2.02. The van der Waals surface area contributed by atoms with Crippen LogP contribution in [0.4, 0.5) is 0 Å². The van der Waals surface area contributed by atoms with Crippen molar-refractivity contribution in [2.75, 3.05) is 19.6 Å². The van der Waals surface area contributed by atoms with Crippen molar-refractivity contribution in [2.45, 2.75) is 12.8 Å². The van der Waals surface area contributed by atoms with E-state index in [1.807, 2.05) is 0 Å². The van der Waals surface area contributed by atoms with Gasteiger partial charge in [-0.3, -0.25) is 0 Å². The van der Waals surface area contributed by atoms with Gasteiger partial charge in [0.1, 0.15) is 0 Å². The molecule has 0 spiro atoms. The summed E-state index contributed by atoms with van der Waals surface area (Å²) in [6, 6.07) is 0. The Hall–Kier alpha value is -0.340. The second-order valence-electron chi connectivity index (χ2n) is 3.99. The summed E-state index contributed by atoms with van der Waals surface area (Å²) in [5.41, 5.74) is 5.59. The first-order valence-corrected chi connectivity index (χ1v) is 4.99. The number of hydrogen-bond donors (Lipinski definition) is 2. The SMILES string of the molecule is NCCC1C=CCC2CNCC12. The van der Waals surface area contributed by atoms with Gasteiger partial charge >= 0.3 is 0 Å². The average Bonchev–Trinajstić information content (AvgIpc) is 2.53. The van der Waals surface area contributed by atoms with E-state index in [-0.39, 0.29) is 0 Å². The topological polar surface area (TPSA) is 38.0 Å². The molecule has 3 unspecified atom stereocenters. The van der Waals surface area contributed by atoms with E-state index < -0.39 is 0 Å². The molecule has 3 N–H and O–H groups in total. The van der Waals surface area contributed by atoms with E-state index in [0.29, 0.717) is 0 Å². The molecule has 0 aromatic heterocycles. The number of allylic oxidation sites excluding steroid dienone is 2. The minimum absolute atomic E-state index is 0.753. The predicted octanol–water partition coefficient (Wildman–Crippen LogP) is 0.747. The molecule has 1 fully saturated rings. The zero-order valence-electron chi connectivity index (χ0n) is 7.50. The molecule has 1 aliphatic heterocycles. The van der Waals surface area contributed by atoms with Crippen LogP contribution in [0.25, 0.3) is 0 Å². The van der Waals surface area contributed by atoms with Crippen LogP contribution in [0.15, 0.2) is 12.2 Å². The second-order valence-corrected chi connectivity index (χ2v) is 3.99. The molecule has 2 nitrogen and oxygen atoms in total. The van der Waals surface area contributed by atoms with E-state index >= 15 is 0 Å². The number of nitrogens with one attached hydrogen (secondary N) is 1. The van der Waals surface area contributed by atoms with Gasteiger partial charge in [-0.25, -0.2) is 0 Å². The lowest BCUT2D eigenvalue weighted by molar-refractivity contribution is 0.302. The normalized spacial score (nSPS) is 39.9. The van der Waals surface area contributed by atoms with Gasteiger partial charge in [0.05, 0.1) is 0 Å². The van der Waals surface area contributed by atoms with Gasteiger partial charge in [-0.1, -0.05) is 12.2 Å². The molecule has 2 aliphatic rings. The van der Waals surface area contributed by atoms with Gasteiger partial charge in [-0.2, -0.15) is 0 Å². The van der Waals surface area contributed by atoms with Crippen LogP contribution in [-0.2, 0) is 0 Å². The second kappa shape index (κ2) is 3.58. The number of rotatable bonds is 2. The van der Waals surface area contributed by atoms with E-state index in [0.717, 1.165) is 24.3 Å². The van der Waals surface area contributed by atoms with Crippen LogP contribution in [0.2, 0.25) is 0 Å². The maximum Gasteiger partial charge on any atom is -0.00115 e. The summed E-state index contributed by atoms with van der Waals surface area (Å²) in [5, 5.41) is 3.47. The van der Waals surface area contributed by atoms with Gasteiger partial charge in [0.15, 0.2) is 0 Å². The number of hydrogen-bond acceptors (Lipinski definition) is 2. The van der Waals surface area contributed by atoms with Crippen molar-refractivity contribution in [1.29, 1.82) is 0 Å². The van der Waals surface area contributed by atoms with E-state index in [4.69, 9.17) is 5.73 Å². The minimum atomic E-state index is 0.753. The van der Waals surface area contributed by atoms with Crippen molar-refractivity contribution in [3.8, 4) is 0 Å². The first kappa shape index (κ1) is 8.27. The largest absolute Gasteiger partial charge is 0.330 e. The van der Waals surface area contributed by atoms with Crippen LogP contribution in [0, 0.1) is 17.8 Å². The molecule has 1 saturated heterocycles. The third-order valence-electron chi connectivity index (χ3n) is 3.26. The Labute approximate surface area is 74.2 Å². The van der Waals surface area contributed by atoms with Crippen LogP contribution < -0.4 is 11.1 Å². The smallest absolute Gasteiger partial charge is 0.00115 e. The molecule has 1 aliphatic carbocycles. The molecule has 3 atom stereocenters. The Morgan fingerprint density at radius 3 is 3.17 bits per heavy atom. The van der Waals surface area contributed by atoms with E-state index in [9.17, 15) is 0 Å². The fraction of sp³-hybridized carbons (Fsp3) is 0.800. The third-order valence-corrected chi connectivity index (χ3v) is 3.26. The molecule has 0 bridgehead atoms. The fourth-order valence-corrected chi connectivity index (χ4v) is 2.59. The zero-order valence-corrected chi connectivity index (χ0v) is 7.50. The molecular formula is C10H18N2. The summed E-state index contributed by atoms with van der Waals surface area (Å²) in [7, 11) is 0. The average molecular weight is 166 g/mol. The maximum atomic E-state index is 5.59. The number of nitrogens with two attached hydrogens (primary N) is 1. The van der Waals surface area contributed by atoms with Gasteiger partial charge in [-0.05, 0) is 50.2 Å². The van der Waals surface area contributed by atoms with Crippen LogP contribution in [0.5, 0.6) is 0 Å². The lowest BCUT2D eigenvalue weighted by Crippen LogP contribution is -2.25. The number of fused-ring (bicyclic) bond motifs is 1. The molecule has 12 heavy (non-hydrogen) atoms. The Kier molecular flexibility index (Phi) is 2.47. The van der Waals surface area contributed by atoms with Crippen LogP contribution >= 0.6 is 0 Å². The molecule has 68 valence electrons. The Morgan fingerprint density at radius 2 is 2.33 bits per heavy atom. The quantitative estimate of drug-likeness (QED) is 0.594. The first-order chi connectivity index (χ1) is 5.92. The minimum Gasteiger partial charge on any atom is -0.330 e. The molecule has 0 aromatic rings. The highest BCUT2D eigenvalue weighted by atomic mass is 14.9. The maximum absolute atomic E-state index is 5.59. The molecule has 1 heterocycles. The van der Waals surface area contributed by atoms with E-state index in [2.05, 4.69) is 17.5 Å². The van der Waals surface area contributed by atoms with Crippen LogP contribution in [0.3, 0.4) is 0 Å². The van der Waals surface area contributed by atoms with Crippen LogP contribution in [0.1, 0.15) is 12.8 Å². The summed E-state index contributed by atoms with van der Waals surface area (Å²) in [6.45, 7) is 3.26. The lowest BCUT2D eigenvalue weighted by Gasteiger charge is -2.28. The molecule has 2 heteroatoms. The van der Waals surface area contributed by atoms with Crippen molar-refractivity contribution in [3.63, 3.8) is 0 Å². The van der Waals surface area contributed by atoms with Gasteiger partial charge in [-0.15, -0.1) is 0 Å². The van der Waals surface area contributed by atoms with Gasteiger partial charge in [0.2, 0.25) is 0 Å². The summed E-state index contributed by atoms with van der Waals surface area (Å²) in [5.74, 6) is 2.52. The van der Waals surface area contributed by atoms with Crippen molar-refractivity contribution in [2.24, 2.45) is 23.5 Å². The molecule has 0 amide bonds. The van der Waals surface area contributed by atoms with Crippen molar-refractivity contribution < 1.29 is 0 Å². The Bertz CT molecular complexity index is 177. The fourth-order valence-electron chi connectivity index (χ4n) is 2.59. The predicted molar refractivity (Wildman–Crippen MR) is 50.8 cm³/mol. The summed E-state index contributed by atoms with van der Waals surface area (Å²) in [6.07, 6.45) is 7.16. The summed E-state index contributed by atoms with van der Waals surface area (Å²) < 4.78 is 0. The van der Waals surface area contributed by atoms with Crippen molar-refractivity contribution in [3.05, 3.63) is 12.2 Å². The van der Waals surface area contributed by atoms with Gasteiger partial charge in [0.25, 0.3) is 0 Å². The van der Waals surface area contributed by atoms with E-state index in [1.165, 1.54) is 25.9 Å². The third kappa shape index (κ3) is 1.41.